The minimum absolute atomic E-state index is 0.0141. The highest BCUT2D eigenvalue weighted by molar-refractivity contribution is 5.86. The molecule has 0 amide bonds. The van der Waals surface area contributed by atoms with Gasteiger partial charge < -0.3 is 10.2 Å². The molecule has 0 saturated heterocycles. The van der Waals surface area contributed by atoms with E-state index in [1.54, 1.807) is 31.2 Å². The second-order valence-electron chi connectivity index (χ2n) is 4.20. The first-order valence-corrected chi connectivity index (χ1v) is 5.79. The van der Waals surface area contributed by atoms with Crippen molar-refractivity contribution in [2.45, 2.75) is 6.92 Å². The van der Waals surface area contributed by atoms with Crippen molar-refractivity contribution in [1.29, 1.82) is 0 Å². The number of aliphatic imine (C=N–C) groups is 1. The Kier molecular flexibility index (Phi) is 3.65. The molecule has 2 aromatic carbocycles. The molecule has 0 aromatic heterocycles. The third kappa shape index (κ3) is 2.74. The maximum atomic E-state index is 10.8. The van der Waals surface area contributed by atoms with Gasteiger partial charge in [0.25, 0.3) is 5.69 Å². The van der Waals surface area contributed by atoms with Crippen molar-refractivity contribution in [2.75, 3.05) is 0 Å². The lowest BCUT2D eigenvalue weighted by Crippen LogP contribution is -1.90. The Morgan fingerprint density at radius 1 is 1.25 bits per heavy atom. The molecular weight excluding hydrogens is 260 g/mol. The van der Waals surface area contributed by atoms with Crippen LogP contribution in [-0.4, -0.2) is 21.4 Å². The number of aryl methyl sites for hydroxylation is 1. The second-order valence-corrected chi connectivity index (χ2v) is 4.20. The molecule has 2 rings (SSSR count). The van der Waals surface area contributed by atoms with E-state index in [0.717, 1.165) is 0 Å². The maximum absolute atomic E-state index is 10.8. The standard InChI is InChI=1S/C14H12N2O4/c1-9-5-6-11(7-12(9)16(19)20)15-8-10-3-2-4-13(17)14(10)18/h2-8,17-18H,1H3. The van der Waals surface area contributed by atoms with Gasteiger partial charge in [0, 0.05) is 23.4 Å². The number of nitro groups is 1. The zero-order chi connectivity index (χ0) is 14.7. The summed E-state index contributed by atoms with van der Waals surface area (Å²) in [6.45, 7) is 1.65. The molecule has 2 N–H and O–H groups in total. The molecule has 0 heterocycles. The van der Waals surface area contributed by atoms with Crippen LogP contribution in [0.1, 0.15) is 11.1 Å². The zero-order valence-electron chi connectivity index (χ0n) is 10.6. The van der Waals surface area contributed by atoms with Gasteiger partial charge in [-0.2, -0.15) is 0 Å². The van der Waals surface area contributed by atoms with E-state index in [9.17, 15) is 20.3 Å². The van der Waals surface area contributed by atoms with Crippen molar-refractivity contribution in [3.63, 3.8) is 0 Å². The summed E-state index contributed by atoms with van der Waals surface area (Å²) < 4.78 is 0. The summed E-state index contributed by atoms with van der Waals surface area (Å²) in [4.78, 5) is 14.4. The number of hydrogen-bond acceptors (Lipinski definition) is 5. The Hall–Kier alpha value is -2.89. The maximum Gasteiger partial charge on any atom is 0.274 e. The average molecular weight is 272 g/mol. The Morgan fingerprint density at radius 3 is 2.70 bits per heavy atom. The number of nitro benzene ring substituents is 1. The summed E-state index contributed by atoms with van der Waals surface area (Å²) in [6, 6.07) is 9.08. The van der Waals surface area contributed by atoms with E-state index in [0.29, 0.717) is 16.8 Å². The van der Waals surface area contributed by atoms with Crippen LogP contribution in [0.2, 0.25) is 0 Å². The predicted molar refractivity (Wildman–Crippen MR) is 74.9 cm³/mol. The molecular formula is C14H12N2O4. The number of phenols is 2. The van der Waals surface area contributed by atoms with Crippen molar-refractivity contribution in [1.82, 2.24) is 0 Å². The number of hydrogen-bond donors (Lipinski definition) is 2. The largest absolute Gasteiger partial charge is 0.504 e. The Labute approximate surface area is 114 Å². The number of para-hydroxylation sites is 1. The average Bonchev–Trinajstić information content (AvgIpc) is 2.41. The van der Waals surface area contributed by atoms with Crippen LogP contribution < -0.4 is 0 Å². The molecule has 102 valence electrons. The van der Waals surface area contributed by atoms with Crippen LogP contribution >= 0.6 is 0 Å². The van der Waals surface area contributed by atoms with E-state index < -0.39 is 4.92 Å². The van der Waals surface area contributed by atoms with Crippen LogP contribution in [0, 0.1) is 17.0 Å². The third-order valence-electron chi connectivity index (χ3n) is 2.79. The van der Waals surface area contributed by atoms with E-state index in [4.69, 9.17) is 0 Å². The van der Waals surface area contributed by atoms with Gasteiger partial charge in [-0.1, -0.05) is 12.1 Å². The molecule has 0 aliphatic heterocycles. The fourth-order valence-corrected chi connectivity index (χ4v) is 1.67. The molecule has 6 nitrogen and oxygen atoms in total. The quantitative estimate of drug-likeness (QED) is 0.388. The van der Waals surface area contributed by atoms with Crippen LogP contribution in [0.15, 0.2) is 41.4 Å². The monoisotopic (exact) mass is 272 g/mol. The lowest BCUT2D eigenvalue weighted by Gasteiger charge is -2.01. The molecule has 0 bridgehead atoms. The number of benzene rings is 2. The summed E-state index contributed by atoms with van der Waals surface area (Å²) >= 11 is 0. The molecule has 0 aliphatic carbocycles. The van der Waals surface area contributed by atoms with Crippen LogP contribution in [0.4, 0.5) is 11.4 Å². The molecule has 0 saturated carbocycles. The van der Waals surface area contributed by atoms with Crippen LogP contribution in [-0.2, 0) is 0 Å². The third-order valence-corrected chi connectivity index (χ3v) is 2.79. The van der Waals surface area contributed by atoms with Gasteiger partial charge in [0.05, 0.1) is 10.6 Å². The Balaban J connectivity index is 2.34. The molecule has 20 heavy (non-hydrogen) atoms. The van der Waals surface area contributed by atoms with E-state index in [1.165, 1.54) is 18.3 Å². The molecule has 0 spiro atoms. The minimum atomic E-state index is -0.472. The molecule has 0 atom stereocenters. The summed E-state index contributed by atoms with van der Waals surface area (Å²) in [7, 11) is 0. The van der Waals surface area contributed by atoms with Gasteiger partial charge in [-0.3, -0.25) is 15.1 Å². The molecule has 2 aromatic rings. The second kappa shape index (κ2) is 5.40. The van der Waals surface area contributed by atoms with Crippen molar-refractivity contribution in [3.8, 4) is 11.5 Å². The fourth-order valence-electron chi connectivity index (χ4n) is 1.67. The first-order chi connectivity index (χ1) is 9.49. The number of aromatic hydroxyl groups is 2. The SMILES string of the molecule is Cc1ccc(N=Cc2cccc(O)c2O)cc1[N+](=O)[O-]. The highest BCUT2D eigenvalue weighted by atomic mass is 16.6. The molecule has 0 unspecified atom stereocenters. The van der Waals surface area contributed by atoms with Crippen LogP contribution in [0.25, 0.3) is 0 Å². The van der Waals surface area contributed by atoms with Gasteiger partial charge in [0.1, 0.15) is 0 Å². The normalized spacial score (nSPS) is 10.8. The highest BCUT2D eigenvalue weighted by Gasteiger charge is 2.10. The van der Waals surface area contributed by atoms with Crippen molar-refractivity contribution in [2.24, 2.45) is 4.99 Å². The fraction of sp³-hybridized carbons (Fsp3) is 0.0714. The number of nitrogens with zero attached hydrogens (tertiary/aromatic N) is 2. The van der Waals surface area contributed by atoms with Gasteiger partial charge in [-0.15, -0.1) is 0 Å². The molecule has 0 radical (unpaired) electrons. The summed E-state index contributed by atoms with van der Waals surface area (Å²) in [5.41, 5.74) is 1.26. The van der Waals surface area contributed by atoms with E-state index in [1.807, 2.05) is 0 Å². The smallest absolute Gasteiger partial charge is 0.274 e. The lowest BCUT2D eigenvalue weighted by atomic mass is 10.2. The van der Waals surface area contributed by atoms with E-state index in [2.05, 4.69) is 4.99 Å². The highest BCUT2D eigenvalue weighted by Crippen LogP contribution is 2.28. The van der Waals surface area contributed by atoms with E-state index in [-0.39, 0.29) is 17.2 Å². The lowest BCUT2D eigenvalue weighted by molar-refractivity contribution is -0.385. The van der Waals surface area contributed by atoms with Gasteiger partial charge in [0.15, 0.2) is 11.5 Å². The zero-order valence-corrected chi connectivity index (χ0v) is 10.6. The molecule has 0 fully saturated rings. The topological polar surface area (TPSA) is 96.0 Å². The van der Waals surface area contributed by atoms with Crippen molar-refractivity contribution < 1.29 is 15.1 Å². The first-order valence-electron chi connectivity index (χ1n) is 5.79. The van der Waals surface area contributed by atoms with Gasteiger partial charge in [-0.25, -0.2) is 0 Å². The minimum Gasteiger partial charge on any atom is -0.504 e. The van der Waals surface area contributed by atoms with Gasteiger partial charge in [-0.05, 0) is 25.1 Å². The summed E-state index contributed by atoms with van der Waals surface area (Å²) in [5, 5.41) is 29.8. The predicted octanol–water partition coefficient (Wildman–Crippen LogP) is 3.07. The Morgan fingerprint density at radius 2 is 2.00 bits per heavy atom. The molecule has 0 aliphatic rings. The first kappa shape index (κ1) is 13.5. The Bertz CT molecular complexity index is 696. The summed E-state index contributed by atoms with van der Waals surface area (Å²) in [6.07, 6.45) is 1.34. The number of rotatable bonds is 3. The van der Waals surface area contributed by atoms with Gasteiger partial charge >= 0.3 is 0 Å². The van der Waals surface area contributed by atoms with E-state index >= 15 is 0 Å². The number of phenolic OH excluding ortho intramolecular Hbond substituents is 2. The van der Waals surface area contributed by atoms with Crippen molar-refractivity contribution in [3.05, 3.63) is 57.6 Å². The van der Waals surface area contributed by atoms with Gasteiger partial charge in [0.2, 0.25) is 0 Å². The van der Waals surface area contributed by atoms with Crippen LogP contribution in [0.3, 0.4) is 0 Å². The van der Waals surface area contributed by atoms with Crippen LogP contribution in [0.5, 0.6) is 11.5 Å². The van der Waals surface area contributed by atoms with Crippen molar-refractivity contribution >= 4 is 17.6 Å². The summed E-state index contributed by atoms with van der Waals surface area (Å²) in [5.74, 6) is -0.526. The molecule has 6 heteroatoms.